The number of aliphatic hydroxyl groups is 2. The molecule has 1 fully saturated rings. The summed E-state index contributed by atoms with van der Waals surface area (Å²) >= 11 is 0. The van der Waals surface area contributed by atoms with Gasteiger partial charge in [-0.1, -0.05) is 0 Å². The second kappa shape index (κ2) is 4.63. The van der Waals surface area contributed by atoms with Crippen LogP contribution in [-0.4, -0.2) is 44.8 Å². The molecular formula is C10H13FN2O5. The maximum Gasteiger partial charge on any atom is 0.330 e. The summed E-state index contributed by atoms with van der Waals surface area (Å²) < 4.78 is 19.5. The quantitative estimate of drug-likeness (QED) is 0.596. The molecule has 0 unspecified atom stereocenters. The number of H-pyrrole nitrogens is 1. The fourth-order valence-corrected chi connectivity index (χ4v) is 1.86. The van der Waals surface area contributed by atoms with E-state index in [0.29, 0.717) is 0 Å². The Morgan fingerprint density at radius 1 is 1.56 bits per heavy atom. The maximum absolute atomic E-state index is 13.5. The molecule has 100 valence electrons. The first kappa shape index (κ1) is 12.9. The van der Waals surface area contributed by atoms with Gasteiger partial charge >= 0.3 is 5.69 Å². The summed E-state index contributed by atoms with van der Waals surface area (Å²) in [5, 5.41) is 18.5. The van der Waals surface area contributed by atoms with E-state index in [2.05, 4.69) is 0 Å². The number of nitrogens with one attached hydrogen (secondary N) is 1. The predicted octanol–water partition coefficient (Wildman–Crippen LogP) is -1.57. The van der Waals surface area contributed by atoms with Crippen LogP contribution in [0.25, 0.3) is 0 Å². The molecule has 4 atom stereocenters. The Morgan fingerprint density at radius 3 is 2.78 bits per heavy atom. The summed E-state index contributed by atoms with van der Waals surface area (Å²) in [6.07, 6.45) is -4.64. The first-order chi connectivity index (χ1) is 8.45. The molecule has 2 rings (SSSR count). The third-order valence-corrected chi connectivity index (χ3v) is 2.89. The van der Waals surface area contributed by atoms with E-state index >= 15 is 0 Å². The summed E-state index contributed by atoms with van der Waals surface area (Å²) in [6, 6.07) is 0. The van der Waals surface area contributed by atoms with Gasteiger partial charge in [0.2, 0.25) is 0 Å². The third kappa shape index (κ3) is 1.98. The van der Waals surface area contributed by atoms with Crippen LogP contribution in [0, 0.1) is 6.92 Å². The van der Waals surface area contributed by atoms with Gasteiger partial charge in [0, 0.05) is 11.8 Å². The molecule has 2 heterocycles. The number of alkyl halides is 1. The minimum atomic E-state index is -1.79. The maximum atomic E-state index is 13.5. The number of aliphatic hydroxyl groups excluding tert-OH is 2. The molecule has 1 aromatic rings. The number of ether oxygens (including phenoxy) is 1. The van der Waals surface area contributed by atoms with Gasteiger partial charge in [-0.15, -0.1) is 0 Å². The molecule has 1 aliphatic heterocycles. The van der Waals surface area contributed by atoms with Crippen molar-refractivity contribution in [2.45, 2.75) is 31.5 Å². The molecule has 0 bridgehead atoms. The largest absolute Gasteiger partial charge is 0.394 e. The van der Waals surface area contributed by atoms with Crippen LogP contribution in [0.2, 0.25) is 0 Å². The molecule has 3 N–H and O–H groups in total. The second-order valence-corrected chi connectivity index (χ2v) is 4.16. The monoisotopic (exact) mass is 260 g/mol. The lowest BCUT2D eigenvalue weighted by Gasteiger charge is -2.17. The number of hydrogen-bond acceptors (Lipinski definition) is 5. The highest BCUT2D eigenvalue weighted by molar-refractivity contribution is 5.03. The molecular weight excluding hydrogens is 247 g/mol. The Kier molecular flexibility index (Phi) is 3.33. The zero-order valence-corrected chi connectivity index (χ0v) is 9.54. The highest BCUT2D eigenvalue weighted by Crippen LogP contribution is 2.30. The van der Waals surface area contributed by atoms with Crippen molar-refractivity contribution in [1.82, 2.24) is 9.55 Å². The van der Waals surface area contributed by atoms with Crippen molar-refractivity contribution in [3.05, 3.63) is 32.6 Å². The molecule has 7 nitrogen and oxygen atoms in total. The van der Waals surface area contributed by atoms with Crippen molar-refractivity contribution in [3.8, 4) is 0 Å². The van der Waals surface area contributed by atoms with Crippen LogP contribution in [0.1, 0.15) is 11.8 Å². The molecule has 0 saturated carbocycles. The molecule has 1 aliphatic rings. The van der Waals surface area contributed by atoms with Crippen molar-refractivity contribution in [3.63, 3.8) is 0 Å². The van der Waals surface area contributed by atoms with Crippen molar-refractivity contribution in [1.29, 1.82) is 0 Å². The minimum Gasteiger partial charge on any atom is -0.394 e. The highest BCUT2D eigenvalue weighted by Gasteiger charge is 2.45. The Morgan fingerprint density at radius 2 is 2.22 bits per heavy atom. The standard InChI is InChI=1S/C10H13FN2O5/c1-4-2-13(10(17)12-8(4)16)9-7(15)6(11)5(3-14)18-9/h2,5-7,9,14-15H,3H2,1H3,(H,12,16,17)/t5-,6-,7-,9-/m0/s1. The molecule has 8 heteroatoms. The zero-order chi connectivity index (χ0) is 13.4. The van der Waals surface area contributed by atoms with E-state index in [9.17, 15) is 19.1 Å². The average Bonchev–Trinajstić information content (AvgIpc) is 2.61. The van der Waals surface area contributed by atoms with Crippen LogP contribution < -0.4 is 11.2 Å². The topological polar surface area (TPSA) is 105 Å². The molecule has 0 aromatic carbocycles. The molecule has 18 heavy (non-hydrogen) atoms. The van der Waals surface area contributed by atoms with Gasteiger partial charge in [-0.3, -0.25) is 14.3 Å². The second-order valence-electron chi connectivity index (χ2n) is 4.16. The van der Waals surface area contributed by atoms with Crippen LogP contribution in [0.15, 0.2) is 15.8 Å². The van der Waals surface area contributed by atoms with E-state index in [4.69, 9.17) is 9.84 Å². The number of nitrogens with zero attached hydrogens (tertiary/aromatic N) is 1. The van der Waals surface area contributed by atoms with Gasteiger partial charge in [-0.2, -0.15) is 0 Å². The number of aromatic nitrogens is 2. The first-order valence-electron chi connectivity index (χ1n) is 5.36. The van der Waals surface area contributed by atoms with Gasteiger partial charge in [-0.25, -0.2) is 9.18 Å². The third-order valence-electron chi connectivity index (χ3n) is 2.89. The molecule has 1 aromatic heterocycles. The van der Waals surface area contributed by atoms with Crippen molar-refractivity contribution < 1.29 is 19.3 Å². The van der Waals surface area contributed by atoms with Crippen molar-refractivity contribution >= 4 is 0 Å². The minimum absolute atomic E-state index is 0.230. The SMILES string of the molecule is Cc1cn([C@H]2O[C@@H](CO)[C@H](F)[C@@H]2O)c(=O)[nH]c1=O. The lowest BCUT2D eigenvalue weighted by molar-refractivity contribution is -0.0538. The molecule has 1 saturated heterocycles. The number of aryl methyl sites for hydroxylation is 1. The summed E-state index contributed by atoms with van der Waals surface area (Å²) in [6.45, 7) is 0.859. The van der Waals surface area contributed by atoms with E-state index in [1.54, 1.807) is 0 Å². The van der Waals surface area contributed by atoms with Gasteiger partial charge < -0.3 is 14.9 Å². The number of hydrogen-bond donors (Lipinski definition) is 3. The van der Waals surface area contributed by atoms with Crippen LogP contribution in [0.5, 0.6) is 0 Å². The fraction of sp³-hybridized carbons (Fsp3) is 0.600. The zero-order valence-electron chi connectivity index (χ0n) is 9.54. The smallest absolute Gasteiger partial charge is 0.330 e. The summed E-state index contributed by atoms with van der Waals surface area (Å²) in [5.74, 6) is 0. The van der Waals surface area contributed by atoms with Crippen molar-refractivity contribution in [2.75, 3.05) is 6.61 Å². The summed E-state index contributed by atoms with van der Waals surface area (Å²) in [4.78, 5) is 24.8. The summed E-state index contributed by atoms with van der Waals surface area (Å²) in [7, 11) is 0. The van der Waals surface area contributed by atoms with E-state index < -0.39 is 42.5 Å². The molecule has 0 aliphatic carbocycles. The molecule has 0 radical (unpaired) electrons. The number of rotatable bonds is 2. The summed E-state index contributed by atoms with van der Waals surface area (Å²) in [5.41, 5.74) is -1.13. The lowest BCUT2D eigenvalue weighted by atomic mass is 10.1. The van der Waals surface area contributed by atoms with Gasteiger partial charge in [0.1, 0.15) is 12.2 Å². The van der Waals surface area contributed by atoms with E-state index in [1.165, 1.54) is 13.1 Å². The van der Waals surface area contributed by atoms with Crippen LogP contribution in [-0.2, 0) is 4.74 Å². The normalized spacial score (nSPS) is 31.8. The van der Waals surface area contributed by atoms with E-state index in [1.807, 2.05) is 4.98 Å². The lowest BCUT2D eigenvalue weighted by Crippen LogP contribution is -2.37. The van der Waals surface area contributed by atoms with E-state index in [0.717, 1.165) is 4.57 Å². The van der Waals surface area contributed by atoms with Crippen LogP contribution in [0.4, 0.5) is 4.39 Å². The van der Waals surface area contributed by atoms with Gasteiger partial charge in [0.25, 0.3) is 5.56 Å². The Balaban J connectivity index is 2.42. The van der Waals surface area contributed by atoms with Gasteiger partial charge in [0.15, 0.2) is 12.4 Å². The number of halogens is 1. The first-order valence-corrected chi connectivity index (χ1v) is 5.36. The predicted molar refractivity (Wildman–Crippen MR) is 58.0 cm³/mol. The Bertz CT molecular complexity index is 554. The van der Waals surface area contributed by atoms with Crippen molar-refractivity contribution in [2.24, 2.45) is 0 Å². The molecule has 0 amide bonds. The van der Waals surface area contributed by atoms with Gasteiger partial charge in [0.05, 0.1) is 6.61 Å². The fourth-order valence-electron chi connectivity index (χ4n) is 1.86. The van der Waals surface area contributed by atoms with E-state index in [-0.39, 0.29) is 5.56 Å². The van der Waals surface area contributed by atoms with Crippen LogP contribution in [0.3, 0.4) is 0 Å². The van der Waals surface area contributed by atoms with Gasteiger partial charge in [-0.05, 0) is 6.92 Å². The average molecular weight is 260 g/mol. The number of aromatic amines is 1. The highest BCUT2D eigenvalue weighted by atomic mass is 19.1. The van der Waals surface area contributed by atoms with Crippen LogP contribution >= 0.6 is 0 Å². The Labute approximate surface area is 100 Å². The Hall–Kier alpha value is -1.51. The molecule has 0 spiro atoms.